The molecule has 1 aromatic carbocycles. The summed E-state index contributed by atoms with van der Waals surface area (Å²) in [7, 11) is -3.47. The molecule has 0 saturated carbocycles. The van der Waals surface area contributed by atoms with Crippen LogP contribution in [0.15, 0.2) is 18.2 Å². The minimum Gasteiger partial charge on any atom is -0.370 e. The summed E-state index contributed by atoms with van der Waals surface area (Å²) in [5.41, 5.74) is 0.671. The Hall–Kier alpha value is -1.30. The molecule has 0 radical (unpaired) electrons. The van der Waals surface area contributed by atoms with Gasteiger partial charge in [-0.15, -0.1) is 0 Å². The van der Waals surface area contributed by atoms with Crippen LogP contribution in [0.3, 0.4) is 0 Å². The SMILES string of the molecule is CS(=O)(=O)Nc1c(F)cccc1N1CCCC1. The Labute approximate surface area is 100 Å². The normalized spacial score (nSPS) is 16.2. The fourth-order valence-corrected chi connectivity index (χ4v) is 2.59. The first-order chi connectivity index (χ1) is 7.97. The lowest BCUT2D eigenvalue weighted by Gasteiger charge is -2.21. The molecule has 1 fully saturated rings. The summed E-state index contributed by atoms with van der Waals surface area (Å²) in [6.07, 6.45) is 3.12. The standard InChI is InChI=1S/C11H15FN2O2S/c1-17(15,16)13-11-9(12)5-4-6-10(11)14-7-2-3-8-14/h4-6,13H,2-3,7-8H2,1H3. The molecule has 1 N–H and O–H groups in total. The highest BCUT2D eigenvalue weighted by atomic mass is 32.2. The quantitative estimate of drug-likeness (QED) is 0.899. The number of hydrogen-bond acceptors (Lipinski definition) is 3. The number of halogens is 1. The van der Waals surface area contributed by atoms with Crippen LogP contribution < -0.4 is 9.62 Å². The van der Waals surface area contributed by atoms with Crippen LogP contribution in [0.1, 0.15) is 12.8 Å². The highest BCUT2D eigenvalue weighted by Gasteiger charge is 2.19. The molecule has 0 aromatic heterocycles. The second-order valence-electron chi connectivity index (χ2n) is 4.20. The molecule has 1 heterocycles. The minimum atomic E-state index is -3.47. The first-order valence-electron chi connectivity index (χ1n) is 5.48. The van der Waals surface area contributed by atoms with Gasteiger partial charge in [-0.25, -0.2) is 12.8 Å². The van der Waals surface area contributed by atoms with Crippen molar-refractivity contribution in [1.82, 2.24) is 0 Å². The molecule has 0 amide bonds. The summed E-state index contributed by atoms with van der Waals surface area (Å²) in [6, 6.07) is 4.59. The molecule has 0 spiro atoms. The van der Waals surface area contributed by atoms with Crippen LogP contribution in [0.25, 0.3) is 0 Å². The van der Waals surface area contributed by atoms with E-state index in [9.17, 15) is 12.8 Å². The van der Waals surface area contributed by atoms with Crippen molar-refractivity contribution in [1.29, 1.82) is 0 Å². The summed E-state index contributed by atoms with van der Waals surface area (Å²) < 4.78 is 38.4. The lowest BCUT2D eigenvalue weighted by atomic mass is 10.2. The Morgan fingerprint density at radius 2 is 1.94 bits per heavy atom. The first-order valence-corrected chi connectivity index (χ1v) is 7.38. The molecular formula is C11H15FN2O2S. The van der Waals surface area contributed by atoms with E-state index in [-0.39, 0.29) is 5.69 Å². The fourth-order valence-electron chi connectivity index (χ4n) is 2.02. The lowest BCUT2D eigenvalue weighted by molar-refractivity contribution is 0.603. The van der Waals surface area contributed by atoms with Crippen LogP contribution in [0.2, 0.25) is 0 Å². The van der Waals surface area contributed by atoms with E-state index in [2.05, 4.69) is 4.72 Å². The van der Waals surface area contributed by atoms with Crippen LogP contribution in [0, 0.1) is 5.82 Å². The van der Waals surface area contributed by atoms with Gasteiger partial charge in [-0.2, -0.15) is 0 Å². The maximum atomic E-state index is 13.7. The molecule has 0 aliphatic carbocycles. The van der Waals surface area contributed by atoms with Gasteiger partial charge < -0.3 is 4.90 Å². The van der Waals surface area contributed by atoms with E-state index in [1.807, 2.05) is 4.90 Å². The minimum absolute atomic E-state index is 0.0527. The third-order valence-corrected chi connectivity index (χ3v) is 3.30. The maximum Gasteiger partial charge on any atom is 0.229 e. The summed E-state index contributed by atoms with van der Waals surface area (Å²) in [5.74, 6) is -0.542. The molecule has 0 bridgehead atoms. The Balaban J connectivity index is 2.40. The van der Waals surface area contributed by atoms with Crippen molar-refractivity contribution in [3.8, 4) is 0 Å². The van der Waals surface area contributed by atoms with Gasteiger partial charge in [0.2, 0.25) is 10.0 Å². The summed E-state index contributed by atoms with van der Waals surface area (Å²) >= 11 is 0. The van der Waals surface area contributed by atoms with E-state index in [0.717, 1.165) is 32.2 Å². The van der Waals surface area contributed by atoms with Crippen molar-refractivity contribution in [2.75, 3.05) is 29.0 Å². The molecule has 94 valence electrons. The average molecular weight is 258 g/mol. The van der Waals surface area contributed by atoms with Gasteiger partial charge in [0.1, 0.15) is 11.5 Å². The van der Waals surface area contributed by atoms with Gasteiger partial charge in [0.25, 0.3) is 0 Å². The molecular weight excluding hydrogens is 243 g/mol. The summed E-state index contributed by atoms with van der Waals surface area (Å²) in [6.45, 7) is 1.67. The van der Waals surface area contributed by atoms with E-state index in [4.69, 9.17) is 0 Å². The van der Waals surface area contributed by atoms with Gasteiger partial charge in [0, 0.05) is 13.1 Å². The third-order valence-electron chi connectivity index (χ3n) is 2.73. The highest BCUT2D eigenvalue weighted by molar-refractivity contribution is 7.92. The smallest absolute Gasteiger partial charge is 0.229 e. The highest BCUT2D eigenvalue weighted by Crippen LogP contribution is 2.31. The number of sulfonamides is 1. The van der Waals surface area contributed by atoms with Crippen LogP contribution in [0.4, 0.5) is 15.8 Å². The van der Waals surface area contributed by atoms with Crippen LogP contribution in [0.5, 0.6) is 0 Å². The van der Waals surface area contributed by atoms with E-state index in [1.165, 1.54) is 6.07 Å². The van der Waals surface area contributed by atoms with Gasteiger partial charge in [-0.3, -0.25) is 4.72 Å². The number of rotatable bonds is 3. The monoisotopic (exact) mass is 258 g/mol. The molecule has 2 rings (SSSR count). The van der Waals surface area contributed by atoms with E-state index >= 15 is 0 Å². The molecule has 0 atom stereocenters. The molecule has 4 nitrogen and oxygen atoms in total. The molecule has 1 saturated heterocycles. The van der Waals surface area contributed by atoms with Gasteiger partial charge in [-0.05, 0) is 25.0 Å². The Morgan fingerprint density at radius 3 is 2.53 bits per heavy atom. The lowest BCUT2D eigenvalue weighted by Crippen LogP contribution is -2.21. The predicted octanol–water partition coefficient (Wildman–Crippen LogP) is 1.80. The van der Waals surface area contributed by atoms with E-state index in [0.29, 0.717) is 5.69 Å². The topological polar surface area (TPSA) is 49.4 Å². The number of anilines is 2. The van der Waals surface area contributed by atoms with Crippen LogP contribution in [-0.2, 0) is 10.0 Å². The molecule has 0 unspecified atom stereocenters. The number of benzene rings is 1. The zero-order valence-electron chi connectivity index (χ0n) is 9.61. The Kier molecular flexibility index (Phi) is 3.24. The number of para-hydroxylation sites is 1. The number of nitrogens with zero attached hydrogens (tertiary/aromatic N) is 1. The van der Waals surface area contributed by atoms with Crippen molar-refractivity contribution in [2.45, 2.75) is 12.8 Å². The van der Waals surface area contributed by atoms with Gasteiger partial charge >= 0.3 is 0 Å². The first kappa shape index (κ1) is 12.2. The van der Waals surface area contributed by atoms with E-state index < -0.39 is 15.8 Å². The number of hydrogen-bond donors (Lipinski definition) is 1. The average Bonchev–Trinajstić information content (AvgIpc) is 2.72. The second kappa shape index (κ2) is 4.52. The van der Waals surface area contributed by atoms with Crippen molar-refractivity contribution in [2.24, 2.45) is 0 Å². The number of nitrogens with one attached hydrogen (secondary N) is 1. The summed E-state index contributed by atoms with van der Waals surface area (Å²) in [5, 5.41) is 0. The Morgan fingerprint density at radius 1 is 1.29 bits per heavy atom. The molecule has 1 aliphatic heterocycles. The Bertz CT molecular complexity index is 510. The van der Waals surface area contributed by atoms with Crippen LogP contribution in [-0.4, -0.2) is 27.8 Å². The third kappa shape index (κ3) is 2.88. The molecule has 17 heavy (non-hydrogen) atoms. The van der Waals surface area contributed by atoms with E-state index in [1.54, 1.807) is 12.1 Å². The van der Waals surface area contributed by atoms with Crippen molar-refractivity contribution >= 4 is 21.4 Å². The molecule has 1 aromatic rings. The summed E-state index contributed by atoms with van der Waals surface area (Å²) in [4.78, 5) is 2.00. The fraction of sp³-hybridized carbons (Fsp3) is 0.455. The van der Waals surface area contributed by atoms with Crippen molar-refractivity contribution in [3.63, 3.8) is 0 Å². The largest absolute Gasteiger partial charge is 0.370 e. The van der Waals surface area contributed by atoms with Gasteiger partial charge in [0.15, 0.2) is 0 Å². The van der Waals surface area contributed by atoms with Gasteiger partial charge in [-0.1, -0.05) is 6.07 Å². The van der Waals surface area contributed by atoms with Crippen molar-refractivity contribution < 1.29 is 12.8 Å². The second-order valence-corrected chi connectivity index (χ2v) is 5.95. The predicted molar refractivity (Wildman–Crippen MR) is 66.3 cm³/mol. The van der Waals surface area contributed by atoms with Gasteiger partial charge in [0.05, 0.1) is 11.9 Å². The molecule has 6 heteroatoms. The molecule has 1 aliphatic rings. The zero-order valence-corrected chi connectivity index (χ0v) is 10.4. The van der Waals surface area contributed by atoms with Crippen LogP contribution >= 0.6 is 0 Å². The maximum absolute atomic E-state index is 13.7. The van der Waals surface area contributed by atoms with Crippen molar-refractivity contribution in [3.05, 3.63) is 24.0 Å². The zero-order chi connectivity index (χ0) is 12.5.